The summed E-state index contributed by atoms with van der Waals surface area (Å²) >= 11 is 5.87. The molecule has 1 heterocycles. The van der Waals surface area contributed by atoms with Crippen LogP contribution in [0.2, 0.25) is 5.02 Å². The highest BCUT2D eigenvalue weighted by molar-refractivity contribution is 6.30. The maximum atomic E-state index is 12.1. The van der Waals surface area contributed by atoms with Crippen LogP contribution in [0.25, 0.3) is 0 Å². The number of ether oxygens (including phenoxy) is 1. The Morgan fingerprint density at radius 3 is 3.17 bits per heavy atom. The fraction of sp³-hybridized carbons (Fsp3) is 0.385. The number of rotatable bonds is 2. The van der Waals surface area contributed by atoms with Crippen molar-refractivity contribution in [1.82, 2.24) is 4.90 Å². The Bertz CT molecular complexity index is 484. The van der Waals surface area contributed by atoms with Gasteiger partial charge in [0.2, 0.25) is 5.91 Å². The second-order valence-electron chi connectivity index (χ2n) is 4.13. The van der Waals surface area contributed by atoms with Crippen molar-refractivity contribution >= 4 is 17.5 Å². The van der Waals surface area contributed by atoms with E-state index >= 15 is 0 Å². The predicted molar refractivity (Wildman–Crippen MR) is 67.1 cm³/mol. The highest BCUT2D eigenvalue weighted by atomic mass is 35.5. The third kappa shape index (κ3) is 3.22. The van der Waals surface area contributed by atoms with Crippen LogP contribution in [0.3, 0.4) is 0 Å². The molecule has 2 rings (SSSR count). The lowest BCUT2D eigenvalue weighted by Crippen LogP contribution is -2.45. The fourth-order valence-electron chi connectivity index (χ4n) is 1.89. The normalized spacial score (nSPS) is 19.3. The molecule has 5 heteroatoms. The molecule has 0 bridgehead atoms. The van der Waals surface area contributed by atoms with Gasteiger partial charge in [-0.25, -0.2) is 0 Å². The van der Waals surface area contributed by atoms with Gasteiger partial charge in [0.05, 0.1) is 25.6 Å². The molecule has 18 heavy (non-hydrogen) atoms. The largest absolute Gasteiger partial charge is 0.360 e. The lowest BCUT2D eigenvalue weighted by Gasteiger charge is -2.29. The van der Waals surface area contributed by atoms with Crippen molar-refractivity contribution in [3.05, 3.63) is 34.9 Å². The first-order chi connectivity index (χ1) is 8.69. The lowest BCUT2D eigenvalue weighted by atomic mass is 10.1. The summed E-state index contributed by atoms with van der Waals surface area (Å²) in [7, 11) is 0. The van der Waals surface area contributed by atoms with Gasteiger partial charge >= 0.3 is 0 Å². The Morgan fingerprint density at radius 2 is 2.44 bits per heavy atom. The molecule has 0 N–H and O–H groups in total. The Hall–Kier alpha value is -1.57. The van der Waals surface area contributed by atoms with Crippen molar-refractivity contribution in [3.8, 4) is 6.07 Å². The number of nitrogens with zero attached hydrogens (tertiary/aromatic N) is 2. The number of amides is 1. The maximum Gasteiger partial charge on any atom is 0.227 e. The monoisotopic (exact) mass is 264 g/mol. The third-order valence-electron chi connectivity index (χ3n) is 2.81. The van der Waals surface area contributed by atoms with Gasteiger partial charge in [-0.2, -0.15) is 5.26 Å². The number of hydrogen-bond donors (Lipinski definition) is 0. The summed E-state index contributed by atoms with van der Waals surface area (Å²) in [5.74, 6) is 0.000756. The fourth-order valence-corrected chi connectivity index (χ4v) is 2.10. The van der Waals surface area contributed by atoms with E-state index in [4.69, 9.17) is 21.6 Å². The SMILES string of the molecule is N#CC1CN(C(=O)Cc2cccc(Cl)c2)CCO1. The van der Waals surface area contributed by atoms with Crippen LogP contribution in [0.15, 0.2) is 24.3 Å². The molecule has 1 fully saturated rings. The molecule has 1 atom stereocenters. The van der Waals surface area contributed by atoms with Crippen LogP contribution in [0.1, 0.15) is 5.56 Å². The number of hydrogen-bond acceptors (Lipinski definition) is 3. The standard InChI is InChI=1S/C13H13ClN2O2/c14-11-3-1-2-10(6-11)7-13(17)16-4-5-18-12(8-15)9-16/h1-3,6,12H,4-5,7,9H2. The maximum absolute atomic E-state index is 12.1. The first-order valence-electron chi connectivity index (χ1n) is 5.72. The van der Waals surface area contributed by atoms with E-state index in [-0.39, 0.29) is 5.91 Å². The van der Waals surface area contributed by atoms with E-state index in [2.05, 4.69) is 0 Å². The molecule has 1 aliphatic rings. The smallest absolute Gasteiger partial charge is 0.227 e. The average molecular weight is 265 g/mol. The Labute approximate surface area is 111 Å². The highest BCUT2D eigenvalue weighted by Gasteiger charge is 2.23. The topological polar surface area (TPSA) is 53.3 Å². The number of morpholine rings is 1. The molecule has 94 valence electrons. The number of nitriles is 1. The van der Waals surface area contributed by atoms with Crippen molar-refractivity contribution in [2.45, 2.75) is 12.5 Å². The van der Waals surface area contributed by atoms with Crippen LogP contribution in [0, 0.1) is 11.3 Å². The minimum atomic E-state index is -0.512. The van der Waals surface area contributed by atoms with Gasteiger partial charge in [-0.3, -0.25) is 4.79 Å². The first-order valence-corrected chi connectivity index (χ1v) is 6.10. The molecule has 1 saturated heterocycles. The summed E-state index contributed by atoms with van der Waals surface area (Å²) < 4.78 is 5.20. The zero-order chi connectivity index (χ0) is 13.0. The molecule has 1 aromatic carbocycles. The van der Waals surface area contributed by atoms with Crippen molar-refractivity contribution in [1.29, 1.82) is 5.26 Å². The Kier molecular flexibility index (Phi) is 4.19. The number of carbonyl (C=O) groups excluding carboxylic acids is 1. The Morgan fingerprint density at radius 1 is 1.61 bits per heavy atom. The van der Waals surface area contributed by atoms with E-state index in [1.807, 2.05) is 18.2 Å². The van der Waals surface area contributed by atoms with Gasteiger partial charge in [-0.1, -0.05) is 23.7 Å². The van der Waals surface area contributed by atoms with Crippen LogP contribution < -0.4 is 0 Å². The van der Waals surface area contributed by atoms with Crippen molar-refractivity contribution in [3.63, 3.8) is 0 Å². The molecule has 1 aliphatic heterocycles. The molecule has 0 saturated carbocycles. The molecule has 0 radical (unpaired) electrons. The summed E-state index contributed by atoms with van der Waals surface area (Å²) in [4.78, 5) is 13.7. The summed E-state index contributed by atoms with van der Waals surface area (Å²) in [6.07, 6.45) is -0.208. The number of carbonyl (C=O) groups is 1. The van der Waals surface area contributed by atoms with Gasteiger partial charge in [0, 0.05) is 11.6 Å². The van der Waals surface area contributed by atoms with Gasteiger partial charge in [0.1, 0.15) is 0 Å². The summed E-state index contributed by atoms with van der Waals surface area (Å²) in [5.41, 5.74) is 0.882. The lowest BCUT2D eigenvalue weighted by molar-refractivity contribution is -0.136. The van der Waals surface area contributed by atoms with Crippen LogP contribution >= 0.6 is 11.6 Å². The van der Waals surface area contributed by atoms with Crippen LogP contribution in [0.5, 0.6) is 0 Å². The summed E-state index contributed by atoms with van der Waals surface area (Å²) in [6, 6.07) is 9.27. The van der Waals surface area contributed by atoms with E-state index in [1.165, 1.54) is 0 Å². The molecule has 0 spiro atoms. The number of benzene rings is 1. The first kappa shape index (κ1) is 12.9. The van der Waals surface area contributed by atoms with Crippen LogP contribution in [0.4, 0.5) is 0 Å². The zero-order valence-corrected chi connectivity index (χ0v) is 10.6. The minimum absolute atomic E-state index is 0.000756. The molecule has 1 amide bonds. The third-order valence-corrected chi connectivity index (χ3v) is 3.04. The van der Waals surface area contributed by atoms with E-state index in [1.54, 1.807) is 17.0 Å². The molecular formula is C13H13ClN2O2. The molecule has 1 unspecified atom stereocenters. The van der Waals surface area contributed by atoms with E-state index < -0.39 is 6.10 Å². The van der Waals surface area contributed by atoms with Gasteiger partial charge < -0.3 is 9.64 Å². The Balaban J connectivity index is 1.98. The van der Waals surface area contributed by atoms with Crippen LogP contribution in [-0.4, -0.2) is 36.6 Å². The quantitative estimate of drug-likeness (QED) is 0.816. The van der Waals surface area contributed by atoms with E-state index in [0.29, 0.717) is 31.1 Å². The molecule has 0 aromatic heterocycles. The second kappa shape index (κ2) is 5.85. The summed E-state index contributed by atoms with van der Waals surface area (Å²) in [6.45, 7) is 1.30. The van der Waals surface area contributed by atoms with E-state index in [9.17, 15) is 4.79 Å². The molecule has 1 aromatic rings. The molecule has 4 nitrogen and oxygen atoms in total. The molecule has 0 aliphatic carbocycles. The predicted octanol–water partition coefficient (Wildman–Crippen LogP) is 1.63. The molecular weight excluding hydrogens is 252 g/mol. The summed E-state index contributed by atoms with van der Waals surface area (Å²) in [5, 5.41) is 9.41. The minimum Gasteiger partial charge on any atom is -0.360 e. The van der Waals surface area contributed by atoms with Crippen LogP contribution in [-0.2, 0) is 16.0 Å². The van der Waals surface area contributed by atoms with Gasteiger partial charge in [-0.15, -0.1) is 0 Å². The number of halogens is 1. The van der Waals surface area contributed by atoms with Crippen molar-refractivity contribution in [2.24, 2.45) is 0 Å². The van der Waals surface area contributed by atoms with E-state index in [0.717, 1.165) is 5.56 Å². The average Bonchev–Trinajstić information content (AvgIpc) is 2.39. The van der Waals surface area contributed by atoms with Gasteiger partial charge in [0.15, 0.2) is 6.10 Å². The van der Waals surface area contributed by atoms with Crippen molar-refractivity contribution in [2.75, 3.05) is 19.7 Å². The highest BCUT2D eigenvalue weighted by Crippen LogP contribution is 2.13. The van der Waals surface area contributed by atoms with Gasteiger partial charge in [-0.05, 0) is 17.7 Å². The van der Waals surface area contributed by atoms with Crippen molar-refractivity contribution < 1.29 is 9.53 Å². The van der Waals surface area contributed by atoms with Gasteiger partial charge in [0.25, 0.3) is 0 Å². The second-order valence-corrected chi connectivity index (χ2v) is 4.57. The zero-order valence-electron chi connectivity index (χ0n) is 9.80.